The molecule has 0 atom stereocenters. The molecule has 0 radical (unpaired) electrons. The number of hydrazine groups is 1. The van der Waals surface area contributed by atoms with Crippen LogP contribution in [0.3, 0.4) is 0 Å². The Hall–Kier alpha value is -1.53. The molecule has 98 valence electrons. The van der Waals surface area contributed by atoms with Gasteiger partial charge in [-0.05, 0) is 43.3 Å². The van der Waals surface area contributed by atoms with Crippen LogP contribution in [-0.4, -0.2) is 18.3 Å². The lowest BCUT2D eigenvalue weighted by Gasteiger charge is -2.14. The minimum absolute atomic E-state index is 0.217. The minimum Gasteiger partial charge on any atom is -0.452 e. The van der Waals surface area contributed by atoms with E-state index in [2.05, 4.69) is 20.9 Å². The number of anilines is 1. The number of carbonyl (C=O) groups is 1. The molecule has 0 heterocycles. The molecule has 18 heavy (non-hydrogen) atoms. The van der Waals surface area contributed by atoms with Crippen LogP contribution in [0.2, 0.25) is 5.02 Å². The van der Waals surface area contributed by atoms with Gasteiger partial charge < -0.3 is 10.1 Å². The average molecular weight is 288 g/mol. The largest absolute Gasteiger partial charge is 0.452 e. The molecule has 0 bridgehead atoms. The Morgan fingerprint density at radius 2 is 2.00 bits per heavy atom. The van der Waals surface area contributed by atoms with E-state index in [0.29, 0.717) is 10.7 Å². The molecule has 0 saturated heterocycles. The van der Waals surface area contributed by atoms with E-state index in [1.165, 1.54) is 7.11 Å². The highest BCUT2D eigenvalue weighted by Crippen LogP contribution is 2.27. The van der Waals surface area contributed by atoms with Crippen molar-refractivity contribution >= 4 is 40.7 Å². The maximum atomic E-state index is 10.8. The SMILES string of the molecule is COC(=O)NNC(=S)Nc1c(C)cc(C)cc1Cl. The third-order valence-corrected chi connectivity index (χ3v) is 2.64. The topological polar surface area (TPSA) is 62.4 Å². The highest BCUT2D eigenvalue weighted by molar-refractivity contribution is 7.80. The molecule has 0 saturated carbocycles. The number of ether oxygens (including phenoxy) is 1. The summed E-state index contributed by atoms with van der Waals surface area (Å²) < 4.78 is 4.39. The predicted octanol–water partition coefficient (Wildman–Crippen LogP) is 2.51. The maximum absolute atomic E-state index is 10.8. The molecule has 0 unspecified atom stereocenters. The highest BCUT2D eigenvalue weighted by Gasteiger charge is 2.07. The van der Waals surface area contributed by atoms with Crippen molar-refractivity contribution in [1.29, 1.82) is 0 Å². The van der Waals surface area contributed by atoms with E-state index in [0.717, 1.165) is 11.1 Å². The summed E-state index contributed by atoms with van der Waals surface area (Å²) >= 11 is 11.1. The second-order valence-electron chi connectivity index (χ2n) is 3.63. The summed E-state index contributed by atoms with van der Waals surface area (Å²) in [5.74, 6) is 0. The van der Waals surface area contributed by atoms with Gasteiger partial charge in [0.25, 0.3) is 0 Å². The van der Waals surface area contributed by atoms with Gasteiger partial charge in [-0.25, -0.2) is 10.2 Å². The average Bonchev–Trinajstić information content (AvgIpc) is 2.30. The Morgan fingerprint density at radius 3 is 2.56 bits per heavy atom. The third-order valence-electron chi connectivity index (χ3n) is 2.13. The van der Waals surface area contributed by atoms with Crippen LogP contribution < -0.4 is 16.2 Å². The maximum Gasteiger partial charge on any atom is 0.425 e. The van der Waals surface area contributed by atoms with Gasteiger partial charge in [-0.2, -0.15) is 0 Å². The van der Waals surface area contributed by atoms with E-state index in [4.69, 9.17) is 23.8 Å². The highest BCUT2D eigenvalue weighted by atomic mass is 35.5. The van der Waals surface area contributed by atoms with Gasteiger partial charge >= 0.3 is 6.09 Å². The van der Waals surface area contributed by atoms with Crippen LogP contribution in [0.4, 0.5) is 10.5 Å². The van der Waals surface area contributed by atoms with Crippen molar-refractivity contribution in [2.24, 2.45) is 0 Å². The van der Waals surface area contributed by atoms with Gasteiger partial charge in [-0.15, -0.1) is 0 Å². The van der Waals surface area contributed by atoms with E-state index >= 15 is 0 Å². The second-order valence-corrected chi connectivity index (χ2v) is 4.45. The van der Waals surface area contributed by atoms with Crippen molar-refractivity contribution in [3.63, 3.8) is 0 Å². The number of aryl methyl sites for hydroxylation is 2. The number of hydrogen-bond donors (Lipinski definition) is 3. The first-order chi connectivity index (χ1) is 8.43. The smallest absolute Gasteiger partial charge is 0.425 e. The third kappa shape index (κ3) is 4.05. The Labute approximate surface area is 116 Å². The molecule has 0 aromatic heterocycles. The van der Waals surface area contributed by atoms with Gasteiger partial charge in [0.15, 0.2) is 5.11 Å². The first-order valence-electron chi connectivity index (χ1n) is 5.11. The van der Waals surface area contributed by atoms with Crippen LogP contribution in [0.15, 0.2) is 12.1 Å². The molecule has 1 aromatic carbocycles. The van der Waals surface area contributed by atoms with Crippen molar-refractivity contribution in [3.05, 3.63) is 28.3 Å². The number of thiocarbonyl (C=S) groups is 1. The monoisotopic (exact) mass is 287 g/mol. The number of halogens is 1. The van der Waals surface area contributed by atoms with Crippen LogP contribution in [0.25, 0.3) is 0 Å². The predicted molar refractivity (Wildman–Crippen MR) is 75.8 cm³/mol. The van der Waals surface area contributed by atoms with Crippen LogP contribution in [-0.2, 0) is 4.74 Å². The fourth-order valence-electron chi connectivity index (χ4n) is 1.38. The molecule has 7 heteroatoms. The van der Waals surface area contributed by atoms with Crippen molar-refractivity contribution in [2.45, 2.75) is 13.8 Å². The normalized spacial score (nSPS) is 9.56. The number of hydrogen-bond acceptors (Lipinski definition) is 3. The lowest BCUT2D eigenvalue weighted by molar-refractivity contribution is 0.169. The quantitative estimate of drug-likeness (QED) is 0.547. The zero-order valence-electron chi connectivity index (χ0n) is 10.3. The summed E-state index contributed by atoms with van der Waals surface area (Å²) in [5.41, 5.74) is 7.46. The van der Waals surface area contributed by atoms with Crippen molar-refractivity contribution in [1.82, 2.24) is 10.9 Å². The van der Waals surface area contributed by atoms with E-state index in [1.807, 2.05) is 26.0 Å². The summed E-state index contributed by atoms with van der Waals surface area (Å²) in [7, 11) is 1.26. The van der Waals surface area contributed by atoms with E-state index < -0.39 is 6.09 Å². The Kier molecular flexibility index (Phi) is 5.18. The zero-order valence-corrected chi connectivity index (χ0v) is 11.8. The lowest BCUT2D eigenvalue weighted by atomic mass is 10.1. The fraction of sp³-hybridized carbons (Fsp3) is 0.273. The Morgan fingerprint density at radius 1 is 1.33 bits per heavy atom. The van der Waals surface area contributed by atoms with E-state index in [1.54, 1.807) is 0 Å². The summed E-state index contributed by atoms with van der Waals surface area (Å²) in [6, 6.07) is 3.80. The van der Waals surface area contributed by atoms with Crippen molar-refractivity contribution in [2.75, 3.05) is 12.4 Å². The molecule has 0 aliphatic rings. The van der Waals surface area contributed by atoms with E-state index in [9.17, 15) is 4.79 Å². The Balaban J connectivity index is 2.68. The molecular weight excluding hydrogens is 274 g/mol. The molecule has 3 N–H and O–H groups in total. The van der Waals surface area contributed by atoms with Crippen LogP contribution in [0.1, 0.15) is 11.1 Å². The first-order valence-corrected chi connectivity index (χ1v) is 5.90. The minimum atomic E-state index is -0.633. The van der Waals surface area contributed by atoms with Gasteiger partial charge in [0.2, 0.25) is 0 Å². The molecular formula is C11H14ClN3O2S. The van der Waals surface area contributed by atoms with Gasteiger partial charge in [0.05, 0.1) is 17.8 Å². The Bertz CT molecular complexity index is 456. The van der Waals surface area contributed by atoms with Crippen molar-refractivity contribution < 1.29 is 9.53 Å². The van der Waals surface area contributed by atoms with Gasteiger partial charge in [0.1, 0.15) is 0 Å². The molecule has 5 nitrogen and oxygen atoms in total. The van der Waals surface area contributed by atoms with Crippen LogP contribution in [0, 0.1) is 13.8 Å². The summed E-state index contributed by atoms with van der Waals surface area (Å²) in [6.07, 6.45) is -0.633. The van der Waals surface area contributed by atoms with Gasteiger partial charge in [0, 0.05) is 0 Å². The number of methoxy groups -OCH3 is 1. The standard InChI is InChI=1S/C11H14ClN3O2S/c1-6-4-7(2)9(8(12)5-6)13-10(18)14-15-11(16)17-3/h4-5H,1-3H3,(H,15,16)(H2,13,14,18). The molecule has 1 rings (SSSR count). The molecule has 1 amide bonds. The summed E-state index contributed by atoms with van der Waals surface area (Å²) in [4.78, 5) is 10.8. The number of carbonyl (C=O) groups excluding carboxylic acids is 1. The summed E-state index contributed by atoms with van der Waals surface area (Å²) in [5, 5.41) is 3.68. The van der Waals surface area contributed by atoms with Crippen LogP contribution >= 0.6 is 23.8 Å². The molecule has 0 fully saturated rings. The number of nitrogens with one attached hydrogen (secondary N) is 3. The zero-order chi connectivity index (χ0) is 13.7. The molecule has 0 aliphatic carbocycles. The van der Waals surface area contributed by atoms with E-state index in [-0.39, 0.29) is 5.11 Å². The molecule has 0 aliphatic heterocycles. The lowest BCUT2D eigenvalue weighted by Crippen LogP contribution is -2.43. The first kappa shape index (κ1) is 14.5. The second kappa shape index (κ2) is 6.42. The fourth-order valence-corrected chi connectivity index (χ4v) is 1.90. The molecule has 1 aromatic rings. The molecule has 0 spiro atoms. The number of amides is 1. The van der Waals surface area contributed by atoms with Crippen molar-refractivity contribution in [3.8, 4) is 0 Å². The van der Waals surface area contributed by atoms with Gasteiger partial charge in [-0.3, -0.25) is 5.43 Å². The van der Waals surface area contributed by atoms with Gasteiger partial charge in [-0.1, -0.05) is 17.7 Å². The number of rotatable bonds is 1. The number of benzene rings is 1. The van der Waals surface area contributed by atoms with Crippen LogP contribution in [0.5, 0.6) is 0 Å². The summed E-state index contributed by atoms with van der Waals surface area (Å²) in [6.45, 7) is 3.87.